The van der Waals surface area contributed by atoms with Crippen LogP contribution in [0.15, 0.2) is 23.1 Å². The molecule has 3 aliphatic heterocycles. The molecule has 1 spiro atoms. The zero-order chi connectivity index (χ0) is 23.1. The van der Waals surface area contributed by atoms with Crippen molar-refractivity contribution in [3.8, 4) is 6.07 Å². The lowest BCUT2D eigenvalue weighted by Crippen LogP contribution is -2.49. The van der Waals surface area contributed by atoms with E-state index in [0.29, 0.717) is 44.0 Å². The van der Waals surface area contributed by atoms with Gasteiger partial charge in [-0.2, -0.15) is 9.57 Å². The summed E-state index contributed by atoms with van der Waals surface area (Å²) < 4.78 is 45.4. The number of nitrogens with zero attached hydrogens (tertiary/aromatic N) is 3. The van der Waals surface area contributed by atoms with Crippen molar-refractivity contribution in [3.63, 3.8) is 0 Å². The maximum absolute atomic E-state index is 13.5. The number of benzene rings is 1. The van der Waals surface area contributed by atoms with Crippen LogP contribution < -0.4 is 4.90 Å². The van der Waals surface area contributed by atoms with E-state index in [0.717, 1.165) is 12.8 Å². The molecule has 174 valence electrons. The monoisotopic (exact) mass is 463 g/mol. The van der Waals surface area contributed by atoms with Crippen molar-refractivity contribution < 1.29 is 27.4 Å². The average molecular weight is 464 g/mol. The lowest BCUT2D eigenvalue weighted by atomic mass is 9.95. The molecule has 0 bridgehead atoms. The van der Waals surface area contributed by atoms with Crippen LogP contribution in [0.3, 0.4) is 0 Å². The molecule has 2 fully saturated rings. The fourth-order valence-electron chi connectivity index (χ4n) is 4.60. The SMILES string of the molecule is COC[C@H]1CCCN1S(=O)(=O)c1ccc2c(c1)C1(OCCCO1)C(=O)N2CC(C)(C)C#N. The molecular formula is C22H29N3O6S. The lowest BCUT2D eigenvalue weighted by Gasteiger charge is -2.33. The number of amides is 1. The minimum Gasteiger partial charge on any atom is -0.383 e. The van der Waals surface area contributed by atoms with Crippen molar-refractivity contribution in [3.05, 3.63) is 23.8 Å². The van der Waals surface area contributed by atoms with E-state index in [4.69, 9.17) is 14.2 Å². The molecule has 2 saturated heterocycles. The smallest absolute Gasteiger partial charge is 0.292 e. The molecule has 1 amide bonds. The first-order valence-corrected chi connectivity index (χ1v) is 12.3. The largest absolute Gasteiger partial charge is 0.383 e. The Morgan fingerprint density at radius 1 is 1.28 bits per heavy atom. The number of nitriles is 1. The molecule has 0 aliphatic carbocycles. The van der Waals surface area contributed by atoms with E-state index in [2.05, 4.69) is 6.07 Å². The normalized spacial score (nSPS) is 23.5. The van der Waals surface area contributed by atoms with Gasteiger partial charge in [0, 0.05) is 31.8 Å². The number of fused-ring (bicyclic) bond motifs is 2. The summed E-state index contributed by atoms with van der Waals surface area (Å²) in [5.41, 5.74) is 0.0781. The van der Waals surface area contributed by atoms with Crippen LogP contribution in [0, 0.1) is 16.7 Å². The van der Waals surface area contributed by atoms with Gasteiger partial charge in [0.15, 0.2) is 0 Å². The molecule has 3 heterocycles. The fraction of sp³-hybridized carbons (Fsp3) is 0.636. The van der Waals surface area contributed by atoms with E-state index in [-0.39, 0.29) is 17.5 Å². The molecule has 10 heteroatoms. The Morgan fingerprint density at radius 2 is 2.00 bits per heavy atom. The van der Waals surface area contributed by atoms with Crippen LogP contribution in [0.1, 0.15) is 38.7 Å². The minimum atomic E-state index is -3.80. The van der Waals surface area contributed by atoms with E-state index in [1.165, 1.54) is 21.3 Å². The zero-order valence-corrected chi connectivity index (χ0v) is 19.5. The number of ether oxygens (including phenoxy) is 3. The van der Waals surface area contributed by atoms with Crippen molar-refractivity contribution in [2.45, 2.75) is 49.8 Å². The van der Waals surface area contributed by atoms with Crippen molar-refractivity contribution in [2.24, 2.45) is 5.41 Å². The first-order valence-electron chi connectivity index (χ1n) is 10.8. The summed E-state index contributed by atoms with van der Waals surface area (Å²) in [6, 6.07) is 6.62. The molecule has 32 heavy (non-hydrogen) atoms. The summed E-state index contributed by atoms with van der Waals surface area (Å²) in [4.78, 5) is 15.0. The van der Waals surface area contributed by atoms with Gasteiger partial charge in [-0.3, -0.25) is 4.79 Å². The fourth-order valence-corrected chi connectivity index (χ4v) is 6.30. The molecular weight excluding hydrogens is 434 g/mol. The summed E-state index contributed by atoms with van der Waals surface area (Å²) in [7, 11) is -2.24. The van der Waals surface area contributed by atoms with Gasteiger partial charge in [-0.15, -0.1) is 0 Å². The standard InChI is InChI=1S/C22H29N3O6S/c1-21(2,14-23)15-24-19-8-7-17(32(27,28)25-9-4-6-16(25)13-29-3)12-18(19)22(20(24)26)30-10-5-11-31-22/h7-8,12,16H,4-6,9-11,13,15H2,1-3H3/t16-/m1/s1. The zero-order valence-electron chi connectivity index (χ0n) is 18.7. The van der Waals surface area contributed by atoms with Gasteiger partial charge >= 0.3 is 0 Å². The third-order valence-electron chi connectivity index (χ3n) is 6.18. The predicted octanol–water partition coefficient (Wildman–Crippen LogP) is 1.97. The van der Waals surface area contributed by atoms with Gasteiger partial charge in [0.05, 0.1) is 41.9 Å². The minimum absolute atomic E-state index is 0.0885. The number of hydrogen-bond acceptors (Lipinski definition) is 7. The highest BCUT2D eigenvalue weighted by Crippen LogP contribution is 2.47. The van der Waals surface area contributed by atoms with Crippen molar-refractivity contribution in [2.75, 3.05) is 44.9 Å². The van der Waals surface area contributed by atoms with Gasteiger partial charge < -0.3 is 19.1 Å². The highest BCUT2D eigenvalue weighted by atomic mass is 32.2. The van der Waals surface area contributed by atoms with E-state index >= 15 is 0 Å². The molecule has 0 unspecified atom stereocenters. The summed E-state index contributed by atoms with van der Waals surface area (Å²) in [5, 5.41) is 9.49. The van der Waals surface area contributed by atoms with Gasteiger partial charge in [-0.1, -0.05) is 0 Å². The second kappa shape index (κ2) is 8.39. The van der Waals surface area contributed by atoms with Crippen LogP contribution >= 0.6 is 0 Å². The van der Waals surface area contributed by atoms with E-state index in [1.54, 1.807) is 27.0 Å². The van der Waals surface area contributed by atoms with Gasteiger partial charge in [-0.05, 0) is 51.3 Å². The molecule has 4 rings (SSSR count). The Morgan fingerprint density at radius 3 is 2.66 bits per heavy atom. The summed E-state index contributed by atoms with van der Waals surface area (Å²) in [5.74, 6) is -2.11. The molecule has 1 aromatic rings. The number of rotatable bonds is 6. The summed E-state index contributed by atoms with van der Waals surface area (Å²) in [6.45, 7) is 5.02. The lowest BCUT2D eigenvalue weighted by molar-refractivity contribution is -0.256. The topological polar surface area (TPSA) is 109 Å². The van der Waals surface area contributed by atoms with Crippen LogP contribution in [0.2, 0.25) is 0 Å². The van der Waals surface area contributed by atoms with E-state index < -0.39 is 27.1 Å². The Labute approximate surface area is 188 Å². The third-order valence-corrected chi connectivity index (χ3v) is 8.13. The molecule has 0 aromatic heterocycles. The van der Waals surface area contributed by atoms with Crippen molar-refractivity contribution >= 4 is 21.6 Å². The van der Waals surface area contributed by atoms with Crippen LogP contribution in [0.5, 0.6) is 0 Å². The van der Waals surface area contributed by atoms with E-state index in [1.807, 2.05) is 0 Å². The summed E-state index contributed by atoms with van der Waals surface area (Å²) >= 11 is 0. The van der Waals surface area contributed by atoms with Gasteiger partial charge in [0.2, 0.25) is 10.0 Å². The Hall–Kier alpha value is -2.03. The maximum Gasteiger partial charge on any atom is 0.292 e. The summed E-state index contributed by atoms with van der Waals surface area (Å²) in [6.07, 6.45) is 2.14. The maximum atomic E-state index is 13.5. The molecule has 9 nitrogen and oxygen atoms in total. The van der Waals surface area contributed by atoms with Gasteiger partial charge in [0.25, 0.3) is 11.7 Å². The average Bonchev–Trinajstić information content (AvgIpc) is 3.33. The number of carbonyl (C=O) groups excluding carboxylic acids is 1. The predicted molar refractivity (Wildman–Crippen MR) is 115 cm³/mol. The molecule has 1 atom stereocenters. The second-order valence-corrected chi connectivity index (χ2v) is 11.0. The number of hydrogen-bond donors (Lipinski definition) is 0. The van der Waals surface area contributed by atoms with Crippen LogP contribution in [-0.2, 0) is 34.8 Å². The van der Waals surface area contributed by atoms with Crippen LogP contribution in [0.4, 0.5) is 5.69 Å². The van der Waals surface area contributed by atoms with Crippen molar-refractivity contribution in [1.29, 1.82) is 5.26 Å². The molecule has 1 aromatic carbocycles. The Balaban J connectivity index is 1.78. The van der Waals surface area contributed by atoms with Crippen molar-refractivity contribution in [1.82, 2.24) is 4.31 Å². The number of carbonyl (C=O) groups is 1. The van der Waals surface area contributed by atoms with E-state index in [9.17, 15) is 18.5 Å². The quantitative estimate of drug-likeness (QED) is 0.634. The molecule has 3 aliphatic rings. The number of anilines is 1. The van der Waals surface area contributed by atoms with Crippen LogP contribution in [-0.4, -0.2) is 64.7 Å². The first-order chi connectivity index (χ1) is 15.2. The highest BCUT2D eigenvalue weighted by Gasteiger charge is 2.56. The Bertz CT molecular complexity index is 1040. The highest BCUT2D eigenvalue weighted by molar-refractivity contribution is 7.89. The molecule has 0 N–H and O–H groups in total. The third kappa shape index (κ3) is 3.72. The number of methoxy groups -OCH3 is 1. The molecule has 0 saturated carbocycles. The first kappa shape index (κ1) is 23.1. The van der Waals surface area contributed by atoms with Crippen LogP contribution in [0.25, 0.3) is 0 Å². The van der Waals surface area contributed by atoms with Gasteiger partial charge in [-0.25, -0.2) is 8.42 Å². The molecule has 0 radical (unpaired) electrons. The second-order valence-electron chi connectivity index (χ2n) is 9.10. The van der Waals surface area contributed by atoms with Gasteiger partial charge in [0.1, 0.15) is 0 Å². The Kier molecular flexibility index (Phi) is 6.07. The number of sulfonamides is 1.